The Kier molecular flexibility index (Phi) is 5.82. The van der Waals surface area contributed by atoms with E-state index < -0.39 is 0 Å². The van der Waals surface area contributed by atoms with Crippen LogP contribution in [0.15, 0.2) is 30.2 Å². The number of ether oxygens (including phenoxy) is 1. The van der Waals surface area contributed by atoms with E-state index in [0.29, 0.717) is 29.5 Å². The molecule has 7 nitrogen and oxygen atoms in total. The van der Waals surface area contributed by atoms with Crippen molar-refractivity contribution < 1.29 is 4.74 Å². The molecule has 0 spiro atoms. The highest BCUT2D eigenvalue weighted by molar-refractivity contribution is 6.32. The highest BCUT2D eigenvalue weighted by Crippen LogP contribution is 2.36. The third-order valence-electron chi connectivity index (χ3n) is 6.64. The number of fused-ring (bicyclic) bond motifs is 1. The van der Waals surface area contributed by atoms with Crippen molar-refractivity contribution in [2.45, 2.75) is 37.6 Å². The third kappa shape index (κ3) is 4.54. The molecule has 0 radical (unpaired) electrons. The Bertz CT molecular complexity index is 1010. The molecule has 3 fully saturated rings. The second-order valence-corrected chi connectivity index (χ2v) is 9.20. The molecule has 164 valence electrons. The highest BCUT2D eigenvalue weighted by Gasteiger charge is 2.31. The minimum atomic E-state index is 0.399. The third-order valence-corrected chi connectivity index (χ3v) is 6.96. The fourth-order valence-electron chi connectivity index (χ4n) is 4.41. The summed E-state index contributed by atoms with van der Waals surface area (Å²) in [4.78, 5) is 11.7. The molecule has 2 saturated heterocycles. The van der Waals surface area contributed by atoms with E-state index in [4.69, 9.17) is 26.7 Å². The molecule has 5 rings (SSSR count). The van der Waals surface area contributed by atoms with Crippen LogP contribution in [0.3, 0.4) is 0 Å². The van der Waals surface area contributed by atoms with Gasteiger partial charge in [0.15, 0.2) is 0 Å². The van der Waals surface area contributed by atoms with E-state index in [1.165, 1.54) is 5.56 Å². The number of allylic oxidation sites excluding steroid dienone is 1. The molecule has 1 aromatic heterocycles. The number of piperidine rings is 1. The molecule has 2 aliphatic heterocycles. The summed E-state index contributed by atoms with van der Waals surface area (Å²) >= 11 is 6.67. The fourth-order valence-corrected chi connectivity index (χ4v) is 4.74. The molecular formula is C23H29ClN6O. The molecular weight excluding hydrogens is 412 g/mol. The standard InChI is InChI=1S/C23H29ClN6O/c1-26-22(10-20(25)15-2-3-15)29-23-27-11-16-8-19(24)18(9-21(16)28-23)14-4-6-30(7-5-14)17-12-31-13-17/h8-11,14-15,17,25-26H,2-7,12-13H2,1H3,(H,27,28,29)/b22-10+,25-20?. The molecule has 1 aliphatic carbocycles. The highest BCUT2D eigenvalue weighted by atomic mass is 35.5. The first kappa shape index (κ1) is 20.7. The molecule has 3 N–H and O–H groups in total. The van der Waals surface area contributed by atoms with Crippen LogP contribution in [-0.2, 0) is 4.74 Å². The number of hydrogen-bond acceptors (Lipinski definition) is 7. The van der Waals surface area contributed by atoms with Gasteiger partial charge in [0.1, 0.15) is 5.82 Å². The monoisotopic (exact) mass is 440 g/mol. The summed E-state index contributed by atoms with van der Waals surface area (Å²) < 4.78 is 5.35. The molecule has 0 atom stereocenters. The van der Waals surface area contributed by atoms with Crippen molar-refractivity contribution in [3.05, 3.63) is 40.8 Å². The predicted octanol–water partition coefficient (Wildman–Crippen LogP) is 3.76. The van der Waals surface area contributed by atoms with Gasteiger partial charge in [0.2, 0.25) is 5.95 Å². The second kappa shape index (κ2) is 8.73. The van der Waals surface area contributed by atoms with Gasteiger partial charge in [0.05, 0.1) is 24.8 Å². The first-order valence-corrected chi connectivity index (χ1v) is 11.5. The maximum atomic E-state index is 8.14. The van der Waals surface area contributed by atoms with E-state index in [-0.39, 0.29) is 0 Å². The lowest BCUT2D eigenvalue weighted by atomic mass is 9.88. The molecule has 0 amide bonds. The van der Waals surface area contributed by atoms with Crippen molar-refractivity contribution >= 4 is 34.2 Å². The quantitative estimate of drug-likeness (QED) is 0.568. The molecule has 31 heavy (non-hydrogen) atoms. The van der Waals surface area contributed by atoms with Crippen LogP contribution < -0.4 is 10.6 Å². The lowest BCUT2D eigenvalue weighted by molar-refractivity contribution is -0.0712. The van der Waals surface area contributed by atoms with Gasteiger partial charge in [-0.15, -0.1) is 0 Å². The van der Waals surface area contributed by atoms with Crippen LogP contribution >= 0.6 is 11.6 Å². The van der Waals surface area contributed by atoms with Gasteiger partial charge in [0, 0.05) is 35.3 Å². The van der Waals surface area contributed by atoms with E-state index in [9.17, 15) is 0 Å². The summed E-state index contributed by atoms with van der Waals surface area (Å²) in [5.74, 6) is 2.10. The number of anilines is 1. The zero-order valence-electron chi connectivity index (χ0n) is 17.8. The first-order chi connectivity index (χ1) is 15.1. The van der Waals surface area contributed by atoms with Gasteiger partial charge in [-0.1, -0.05) is 11.6 Å². The van der Waals surface area contributed by atoms with Gasteiger partial charge in [-0.3, -0.25) is 4.90 Å². The smallest absolute Gasteiger partial charge is 0.228 e. The Balaban J connectivity index is 1.33. The van der Waals surface area contributed by atoms with E-state index >= 15 is 0 Å². The van der Waals surface area contributed by atoms with Gasteiger partial charge in [0.25, 0.3) is 0 Å². The lowest BCUT2D eigenvalue weighted by Gasteiger charge is -2.41. The number of nitrogens with zero attached hydrogens (tertiary/aromatic N) is 3. The van der Waals surface area contributed by atoms with Crippen molar-refractivity contribution in [2.24, 2.45) is 5.92 Å². The number of hydrogen-bond donors (Lipinski definition) is 3. The topological polar surface area (TPSA) is 86.2 Å². The largest absolute Gasteiger partial charge is 0.378 e. The molecule has 8 heteroatoms. The maximum absolute atomic E-state index is 8.14. The molecule has 0 bridgehead atoms. The van der Waals surface area contributed by atoms with Gasteiger partial charge in [-0.2, -0.15) is 0 Å². The summed E-state index contributed by atoms with van der Waals surface area (Å²) in [6.07, 6.45) is 8.06. The van der Waals surface area contributed by atoms with Crippen LogP contribution in [0.25, 0.3) is 10.9 Å². The number of benzene rings is 1. The SMILES string of the molecule is CN/C(=C\C(=N)C1CC1)Nc1ncc2cc(Cl)c(C3CCN(C4COC4)CC3)cc2n1. The van der Waals surface area contributed by atoms with E-state index in [2.05, 4.69) is 26.6 Å². The van der Waals surface area contributed by atoms with Crippen molar-refractivity contribution in [3.8, 4) is 0 Å². The zero-order chi connectivity index (χ0) is 21.4. The lowest BCUT2D eigenvalue weighted by Crippen LogP contribution is -2.51. The molecule has 0 unspecified atom stereocenters. The van der Waals surface area contributed by atoms with Crippen LogP contribution in [0.1, 0.15) is 37.2 Å². The van der Waals surface area contributed by atoms with Crippen molar-refractivity contribution in [1.82, 2.24) is 20.2 Å². The van der Waals surface area contributed by atoms with Crippen LogP contribution in [-0.4, -0.2) is 60.0 Å². The normalized spacial score (nSPS) is 21.2. The van der Waals surface area contributed by atoms with Crippen LogP contribution in [0.5, 0.6) is 0 Å². The van der Waals surface area contributed by atoms with Gasteiger partial charge >= 0.3 is 0 Å². The van der Waals surface area contributed by atoms with Crippen LogP contribution in [0.2, 0.25) is 5.02 Å². The average molecular weight is 441 g/mol. The molecule has 3 aliphatic rings. The number of halogens is 1. The van der Waals surface area contributed by atoms with Gasteiger partial charge in [-0.25, -0.2) is 9.97 Å². The summed E-state index contributed by atoms with van der Waals surface area (Å²) in [7, 11) is 1.83. The summed E-state index contributed by atoms with van der Waals surface area (Å²) in [6, 6.07) is 4.72. The summed E-state index contributed by atoms with van der Waals surface area (Å²) in [6.45, 7) is 3.92. The van der Waals surface area contributed by atoms with Crippen molar-refractivity contribution in [1.29, 1.82) is 5.41 Å². The molecule has 1 aromatic carbocycles. The van der Waals surface area contributed by atoms with Crippen LogP contribution in [0.4, 0.5) is 5.95 Å². The second-order valence-electron chi connectivity index (χ2n) is 8.79. The number of nitrogens with one attached hydrogen (secondary N) is 3. The predicted molar refractivity (Wildman–Crippen MR) is 124 cm³/mol. The summed E-state index contributed by atoms with van der Waals surface area (Å²) in [5, 5.41) is 16.2. The first-order valence-electron chi connectivity index (χ1n) is 11.1. The number of rotatable bonds is 7. The Labute approximate surface area is 187 Å². The van der Waals surface area contributed by atoms with E-state index in [0.717, 1.165) is 73.7 Å². The Morgan fingerprint density at radius 1 is 1.23 bits per heavy atom. The molecule has 2 aromatic rings. The minimum absolute atomic E-state index is 0.399. The maximum Gasteiger partial charge on any atom is 0.228 e. The Hall–Kier alpha value is -2.22. The average Bonchev–Trinajstić information content (AvgIpc) is 3.58. The molecule has 3 heterocycles. The van der Waals surface area contributed by atoms with Gasteiger partial charge in [-0.05, 0) is 68.5 Å². The summed E-state index contributed by atoms with van der Waals surface area (Å²) in [5.41, 5.74) is 2.72. The Morgan fingerprint density at radius 3 is 2.65 bits per heavy atom. The van der Waals surface area contributed by atoms with Crippen LogP contribution in [0, 0.1) is 11.3 Å². The van der Waals surface area contributed by atoms with E-state index in [1.807, 2.05) is 19.2 Å². The van der Waals surface area contributed by atoms with Crippen molar-refractivity contribution in [2.75, 3.05) is 38.7 Å². The minimum Gasteiger partial charge on any atom is -0.378 e. The fraction of sp³-hybridized carbons (Fsp3) is 0.522. The van der Waals surface area contributed by atoms with Crippen molar-refractivity contribution in [3.63, 3.8) is 0 Å². The van der Waals surface area contributed by atoms with Gasteiger partial charge < -0.3 is 20.8 Å². The number of likely N-dealkylation sites (tertiary alicyclic amines) is 1. The number of aromatic nitrogens is 2. The zero-order valence-corrected chi connectivity index (χ0v) is 18.6. The van der Waals surface area contributed by atoms with E-state index in [1.54, 1.807) is 6.20 Å². The molecule has 1 saturated carbocycles. The Morgan fingerprint density at radius 2 is 2.00 bits per heavy atom.